The Labute approximate surface area is 191 Å². The summed E-state index contributed by atoms with van der Waals surface area (Å²) in [5.41, 5.74) is 3.03. The van der Waals surface area contributed by atoms with E-state index in [2.05, 4.69) is 45.3 Å². The van der Waals surface area contributed by atoms with E-state index in [9.17, 15) is 0 Å². The maximum Gasteiger partial charge on any atom is 0.144 e. The highest BCUT2D eigenvalue weighted by molar-refractivity contribution is 5.65. The Morgan fingerprint density at radius 3 is 2.38 bits per heavy atom. The number of ether oxygens (including phenoxy) is 1. The molecule has 5 nitrogen and oxygen atoms in total. The molecule has 0 saturated heterocycles. The summed E-state index contributed by atoms with van der Waals surface area (Å²) in [6, 6.07) is 12.6. The van der Waals surface area contributed by atoms with Crippen LogP contribution in [0.5, 0.6) is 5.75 Å². The number of hydrogen-bond donors (Lipinski definition) is 3. The van der Waals surface area contributed by atoms with Gasteiger partial charge in [-0.05, 0) is 56.5 Å². The fraction of sp³-hybridized carbons (Fsp3) is 0.444. The summed E-state index contributed by atoms with van der Waals surface area (Å²) in [5, 5.41) is 10.8. The lowest BCUT2D eigenvalue weighted by molar-refractivity contribution is 0.340. The van der Waals surface area contributed by atoms with Gasteiger partial charge in [-0.15, -0.1) is 0 Å². The fourth-order valence-electron chi connectivity index (χ4n) is 3.93. The predicted molar refractivity (Wildman–Crippen MR) is 132 cm³/mol. The van der Waals surface area contributed by atoms with Gasteiger partial charge in [-0.3, -0.25) is 0 Å². The smallest absolute Gasteiger partial charge is 0.144 e. The molecule has 0 atom stereocenters. The minimum Gasteiger partial charge on any atom is -0.492 e. The van der Waals surface area contributed by atoms with Crippen molar-refractivity contribution in [2.75, 3.05) is 6.61 Å². The van der Waals surface area contributed by atoms with Crippen molar-refractivity contribution in [1.82, 2.24) is 15.0 Å². The van der Waals surface area contributed by atoms with Crippen LogP contribution in [0.15, 0.2) is 36.5 Å². The molecule has 0 unspecified atom stereocenters. The predicted octanol–water partition coefficient (Wildman–Crippen LogP) is 5.77. The van der Waals surface area contributed by atoms with E-state index in [-0.39, 0.29) is 0 Å². The van der Waals surface area contributed by atoms with Gasteiger partial charge in [0.1, 0.15) is 5.75 Å². The van der Waals surface area contributed by atoms with E-state index in [1.807, 2.05) is 31.3 Å². The number of rotatable bonds is 14. The number of aromatic nitrogens is 3. The van der Waals surface area contributed by atoms with Crippen molar-refractivity contribution in [2.45, 2.75) is 71.1 Å². The Morgan fingerprint density at radius 2 is 1.66 bits per heavy atom. The monoisotopic (exact) mass is 432 g/mol. The van der Waals surface area contributed by atoms with Crippen molar-refractivity contribution in [2.24, 2.45) is 0 Å². The van der Waals surface area contributed by atoms with Gasteiger partial charge in [-0.25, -0.2) is 0 Å². The zero-order chi connectivity index (χ0) is 22.4. The molecule has 32 heavy (non-hydrogen) atoms. The van der Waals surface area contributed by atoms with Gasteiger partial charge in [-0.1, -0.05) is 44.6 Å². The van der Waals surface area contributed by atoms with E-state index in [1.54, 1.807) is 0 Å². The van der Waals surface area contributed by atoms with Crippen molar-refractivity contribution in [3.05, 3.63) is 52.9 Å². The summed E-state index contributed by atoms with van der Waals surface area (Å²) in [4.78, 5) is 10.2. The molecule has 0 aromatic carbocycles. The summed E-state index contributed by atoms with van der Waals surface area (Å²) in [5.74, 6) is 0.863. The number of unbranched alkanes of at least 4 members (excludes halogenated alkanes) is 9. The lowest BCUT2D eigenvalue weighted by Gasteiger charge is -2.00. The van der Waals surface area contributed by atoms with Gasteiger partial charge in [-0.2, -0.15) is 5.26 Å². The molecule has 0 aliphatic carbocycles. The van der Waals surface area contributed by atoms with Crippen LogP contribution in [0.4, 0.5) is 0 Å². The van der Waals surface area contributed by atoms with Crippen LogP contribution in [0, 0.1) is 11.3 Å². The number of hydrogen-bond acceptors (Lipinski definition) is 2. The summed E-state index contributed by atoms with van der Waals surface area (Å²) in [6.45, 7) is 2.64. The first-order chi connectivity index (χ1) is 15.8. The summed E-state index contributed by atoms with van der Waals surface area (Å²) >= 11 is 0. The van der Waals surface area contributed by atoms with Gasteiger partial charge in [0, 0.05) is 29.4 Å². The molecule has 170 valence electrons. The van der Waals surface area contributed by atoms with Crippen LogP contribution < -0.4 is 15.4 Å². The van der Waals surface area contributed by atoms with E-state index >= 15 is 0 Å². The molecular formula is C27H36N4O. The minimum atomic E-state index is 0.633. The molecule has 0 spiro atoms. The maximum atomic E-state index is 8.54. The minimum absolute atomic E-state index is 0.633. The van der Waals surface area contributed by atoms with E-state index in [1.165, 1.54) is 50.3 Å². The zero-order valence-electron chi connectivity index (χ0n) is 19.3. The highest BCUT2D eigenvalue weighted by atomic mass is 16.5. The van der Waals surface area contributed by atoms with Gasteiger partial charge < -0.3 is 19.7 Å². The molecule has 0 bridgehead atoms. The summed E-state index contributed by atoms with van der Waals surface area (Å²) in [7, 11) is 0. The molecule has 5 heteroatoms. The van der Waals surface area contributed by atoms with Crippen LogP contribution in [0.2, 0.25) is 0 Å². The third kappa shape index (κ3) is 7.53. The summed E-state index contributed by atoms with van der Waals surface area (Å²) in [6.07, 6.45) is 18.1. The Bertz CT molecular complexity index is 1070. The molecule has 3 aromatic rings. The largest absolute Gasteiger partial charge is 0.492 e. The van der Waals surface area contributed by atoms with Crippen LogP contribution in [0.3, 0.4) is 0 Å². The van der Waals surface area contributed by atoms with Gasteiger partial charge in [0.25, 0.3) is 0 Å². The number of nitriles is 1. The third-order valence-electron chi connectivity index (χ3n) is 5.64. The van der Waals surface area contributed by atoms with Crippen molar-refractivity contribution in [1.29, 1.82) is 5.26 Å². The Morgan fingerprint density at radius 1 is 0.906 bits per heavy atom. The number of aromatic amines is 3. The maximum absolute atomic E-state index is 8.54. The van der Waals surface area contributed by atoms with Gasteiger partial charge in [0.2, 0.25) is 0 Å². The van der Waals surface area contributed by atoms with Crippen LogP contribution >= 0.6 is 0 Å². The second kappa shape index (κ2) is 13.3. The average molecular weight is 433 g/mol. The highest BCUT2D eigenvalue weighted by Crippen LogP contribution is 2.26. The molecule has 0 saturated carbocycles. The third-order valence-corrected chi connectivity index (χ3v) is 5.64. The molecule has 0 fully saturated rings. The molecule has 3 rings (SSSR count). The van der Waals surface area contributed by atoms with Crippen molar-refractivity contribution in [3.8, 4) is 23.2 Å². The highest BCUT2D eigenvalue weighted by Gasteiger charge is 2.09. The Balaban J connectivity index is 1.48. The van der Waals surface area contributed by atoms with E-state index < -0.39 is 0 Å². The molecule has 0 radical (unpaired) electrons. The first-order valence-corrected chi connectivity index (χ1v) is 12.0. The average Bonchev–Trinajstić information content (AvgIpc) is 3.55. The zero-order valence-corrected chi connectivity index (χ0v) is 19.3. The van der Waals surface area contributed by atoms with Crippen LogP contribution in [0.25, 0.3) is 23.5 Å². The van der Waals surface area contributed by atoms with Crippen molar-refractivity contribution < 1.29 is 4.74 Å². The number of nitrogens with zero attached hydrogens (tertiary/aromatic N) is 1. The second-order valence-corrected chi connectivity index (χ2v) is 8.22. The molecule has 0 aliphatic rings. The normalized spacial score (nSPS) is 12.4. The molecule has 3 heterocycles. The van der Waals surface area contributed by atoms with E-state index in [4.69, 9.17) is 10.00 Å². The van der Waals surface area contributed by atoms with Crippen LogP contribution in [0.1, 0.15) is 76.8 Å². The fourth-order valence-corrected chi connectivity index (χ4v) is 3.93. The quantitative estimate of drug-likeness (QED) is 0.283. The van der Waals surface area contributed by atoms with E-state index in [0.717, 1.165) is 41.0 Å². The lowest BCUT2D eigenvalue weighted by atomic mass is 10.1. The molecular weight excluding hydrogens is 396 g/mol. The first kappa shape index (κ1) is 23.5. The number of nitrogens with one attached hydrogen (secondary N) is 3. The topological polar surface area (TPSA) is 80.4 Å². The van der Waals surface area contributed by atoms with Crippen molar-refractivity contribution in [3.63, 3.8) is 0 Å². The Kier molecular flexibility index (Phi) is 9.79. The van der Waals surface area contributed by atoms with Gasteiger partial charge >= 0.3 is 0 Å². The molecule has 0 aliphatic heterocycles. The molecule has 3 aromatic heterocycles. The SMILES string of the molecule is CCOc1cc(-c2ccc[nH]2)[nH]c1C=c1ccc(=CCCCCCCCCCCC#N)[nH]1. The van der Waals surface area contributed by atoms with Gasteiger partial charge in [0.05, 0.1) is 29.8 Å². The van der Waals surface area contributed by atoms with Gasteiger partial charge in [0.15, 0.2) is 0 Å². The lowest BCUT2D eigenvalue weighted by Crippen LogP contribution is -2.09. The van der Waals surface area contributed by atoms with Crippen molar-refractivity contribution >= 4 is 12.2 Å². The second-order valence-electron chi connectivity index (χ2n) is 8.22. The number of H-pyrrole nitrogens is 3. The summed E-state index contributed by atoms with van der Waals surface area (Å²) < 4.78 is 5.83. The van der Waals surface area contributed by atoms with E-state index in [0.29, 0.717) is 13.0 Å². The first-order valence-electron chi connectivity index (χ1n) is 12.0. The van der Waals surface area contributed by atoms with Crippen LogP contribution in [-0.2, 0) is 0 Å². The standard InChI is InChI=1S/C27H36N4O/c1-2-32-27-21-25(24-15-13-19-29-24)31-26(27)20-23-17-16-22(30-23)14-11-9-7-5-3-4-6-8-10-12-18-28/h13-17,19-21,29-31H,2-12H2,1H3. The Hall–Kier alpha value is -3.13. The van der Waals surface area contributed by atoms with Crippen LogP contribution in [-0.4, -0.2) is 21.6 Å². The molecule has 3 N–H and O–H groups in total. The molecule has 0 amide bonds.